The highest BCUT2D eigenvalue weighted by Gasteiger charge is 2.26. The Bertz CT molecular complexity index is 639. The van der Waals surface area contributed by atoms with E-state index in [-0.39, 0.29) is 17.9 Å². The van der Waals surface area contributed by atoms with Crippen LogP contribution in [0.4, 0.5) is 5.69 Å². The molecule has 122 valence electrons. The molecule has 5 heteroatoms. The van der Waals surface area contributed by atoms with Crippen LogP contribution < -0.4 is 21.3 Å². The highest BCUT2D eigenvalue weighted by Crippen LogP contribution is 2.10. The average molecular weight is 306 g/mol. The van der Waals surface area contributed by atoms with Gasteiger partial charge in [0.1, 0.15) is 17.7 Å². The highest BCUT2D eigenvalue weighted by molar-refractivity contribution is 6.01. The summed E-state index contributed by atoms with van der Waals surface area (Å²) < 4.78 is 5.58. The molecule has 5 nitrogen and oxygen atoms in total. The van der Waals surface area contributed by atoms with Crippen molar-refractivity contribution in [1.82, 2.24) is 5.32 Å². The Morgan fingerprint density at radius 3 is 2.64 bits per heavy atom. The minimum Gasteiger partial charge on any atom is -0.462 e. The zero-order valence-electron chi connectivity index (χ0n) is 14.1. The third kappa shape index (κ3) is 4.23. The first-order valence-corrected chi connectivity index (χ1v) is 7.88. The SMILES string of the molecule is CC.CC/C=c1/c(NC2CCC(=O)NC2=O)coc1=C(C)C. The first-order valence-electron chi connectivity index (χ1n) is 7.88. The van der Waals surface area contributed by atoms with Gasteiger partial charge in [-0.05, 0) is 32.3 Å². The smallest absolute Gasteiger partial charge is 0.249 e. The second kappa shape index (κ2) is 8.41. The number of carbonyl (C=O) groups is 2. The maximum Gasteiger partial charge on any atom is 0.249 e. The molecule has 0 saturated carbocycles. The van der Waals surface area contributed by atoms with E-state index in [4.69, 9.17) is 4.42 Å². The van der Waals surface area contributed by atoms with Crippen LogP contribution in [0.1, 0.15) is 53.9 Å². The summed E-state index contributed by atoms with van der Waals surface area (Å²) in [6.07, 6.45) is 5.45. The molecule has 1 unspecified atom stereocenters. The molecular formula is C17H26N2O3. The lowest BCUT2D eigenvalue weighted by Gasteiger charge is -2.21. The van der Waals surface area contributed by atoms with Crippen LogP contribution in [0.15, 0.2) is 10.7 Å². The van der Waals surface area contributed by atoms with Crippen molar-refractivity contribution in [3.05, 3.63) is 16.9 Å². The summed E-state index contributed by atoms with van der Waals surface area (Å²) in [6, 6.07) is -0.390. The number of piperidine rings is 1. The van der Waals surface area contributed by atoms with E-state index in [1.165, 1.54) is 0 Å². The Kier molecular flexibility index (Phi) is 6.89. The number of anilines is 1. The van der Waals surface area contributed by atoms with Crippen molar-refractivity contribution in [2.24, 2.45) is 0 Å². The second-order valence-corrected chi connectivity index (χ2v) is 5.15. The van der Waals surface area contributed by atoms with Gasteiger partial charge in [-0.25, -0.2) is 0 Å². The summed E-state index contributed by atoms with van der Waals surface area (Å²) in [5.74, 6) is -0.484. The third-order valence-electron chi connectivity index (χ3n) is 3.26. The monoisotopic (exact) mass is 306 g/mol. The molecular weight excluding hydrogens is 280 g/mol. The predicted molar refractivity (Wildman–Crippen MR) is 88.6 cm³/mol. The van der Waals surface area contributed by atoms with E-state index in [9.17, 15) is 9.59 Å². The normalized spacial score (nSPS) is 18.4. The van der Waals surface area contributed by atoms with E-state index >= 15 is 0 Å². The van der Waals surface area contributed by atoms with Gasteiger partial charge in [-0.3, -0.25) is 14.9 Å². The minimum atomic E-state index is -0.390. The Morgan fingerprint density at radius 2 is 2.09 bits per heavy atom. The average Bonchev–Trinajstić information content (AvgIpc) is 2.88. The molecule has 1 atom stereocenters. The van der Waals surface area contributed by atoms with Gasteiger partial charge in [0.05, 0.1) is 5.69 Å². The summed E-state index contributed by atoms with van der Waals surface area (Å²) in [6.45, 7) is 10.0. The van der Waals surface area contributed by atoms with E-state index in [1.54, 1.807) is 6.26 Å². The van der Waals surface area contributed by atoms with Crippen molar-refractivity contribution in [1.29, 1.82) is 0 Å². The molecule has 0 radical (unpaired) electrons. The lowest BCUT2D eigenvalue weighted by Crippen LogP contribution is -2.48. The van der Waals surface area contributed by atoms with Gasteiger partial charge in [0, 0.05) is 11.6 Å². The molecule has 1 aromatic heterocycles. The molecule has 1 aliphatic heterocycles. The summed E-state index contributed by atoms with van der Waals surface area (Å²) >= 11 is 0. The summed E-state index contributed by atoms with van der Waals surface area (Å²) in [7, 11) is 0. The van der Waals surface area contributed by atoms with Gasteiger partial charge >= 0.3 is 0 Å². The van der Waals surface area contributed by atoms with Gasteiger partial charge in [-0.1, -0.05) is 26.8 Å². The molecule has 2 heterocycles. The molecule has 22 heavy (non-hydrogen) atoms. The van der Waals surface area contributed by atoms with Crippen LogP contribution in [0.5, 0.6) is 0 Å². The first kappa shape index (κ1) is 18.0. The van der Waals surface area contributed by atoms with E-state index < -0.39 is 0 Å². The van der Waals surface area contributed by atoms with Gasteiger partial charge in [0.25, 0.3) is 0 Å². The summed E-state index contributed by atoms with van der Waals surface area (Å²) in [4.78, 5) is 22.9. The van der Waals surface area contributed by atoms with E-state index in [0.29, 0.717) is 12.8 Å². The fourth-order valence-corrected chi connectivity index (χ4v) is 2.29. The van der Waals surface area contributed by atoms with Crippen LogP contribution in [-0.4, -0.2) is 17.9 Å². The van der Waals surface area contributed by atoms with Crippen LogP contribution in [0, 0.1) is 0 Å². The zero-order chi connectivity index (χ0) is 16.7. The van der Waals surface area contributed by atoms with Crippen LogP contribution in [0.2, 0.25) is 0 Å². The molecule has 0 spiro atoms. The molecule has 2 N–H and O–H groups in total. The van der Waals surface area contributed by atoms with Gasteiger partial charge < -0.3 is 9.73 Å². The molecule has 1 aliphatic rings. The van der Waals surface area contributed by atoms with Crippen LogP contribution >= 0.6 is 0 Å². The number of hydrogen-bond donors (Lipinski definition) is 2. The highest BCUT2D eigenvalue weighted by atomic mass is 16.3. The van der Waals surface area contributed by atoms with Crippen molar-refractivity contribution >= 4 is 29.2 Å². The maximum atomic E-state index is 11.8. The summed E-state index contributed by atoms with van der Waals surface area (Å²) in [5, 5.41) is 6.51. The Balaban J connectivity index is 0.00000116. The molecule has 1 aromatic rings. The Morgan fingerprint density at radius 1 is 1.41 bits per heavy atom. The molecule has 2 rings (SSSR count). The van der Waals surface area contributed by atoms with Gasteiger partial charge in [-0.2, -0.15) is 0 Å². The van der Waals surface area contributed by atoms with Crippen LogP contribution in [0.25, 0.3) is 11.6 Å². The molecule has 1 saturated heterocycles. The lowest BCUT2D eigenvalue weighted by atomic mass is 10.1. The lowest BCUT2D eigenvalue weighted by molar-refractivity contribution is -0.133. The second-order valence-electron chi connectivity index (χ2n) is 5.15. The van der Waals surface area contributed by atoms with Crippen LogP contribution in [-0.2, 0) is 9.59 Å². The zero-order valence-corrected chi connectivity index (χ0v) is 14.1. The van der Waals surface area contributed by atoms with Gasteiger partial charge in [-0.15, -0.1) is 0 Å². The molecule has 0 aromatic carbocycles. The predicted octanol–water partition coefficient (Wildman–Crippen LogP) is 1.90. The summed E-state index contributed by atoms with van der Waals surface area (Å²) in [5.41, 5.74) is 2.72. The van der Waals surface area contributed by atoms with Crippen molar-refractivity contribution in [2.75, 3.05) is 5.32 Å². The number of imide groups is 1. The minimum absolute atomic E-state index is 0.209. The van der Waals surface area contributed by atoms with Gasteiger partial charge in [0.15, 0.2) is 0 Å². The van der Waals surface area contributed by atoms with Crippen molar-refractivity contribution in [2.45, 2.75) is 59.9 Å². The standard InChI is InChI=1S/C15H20N2O3.C2H6/c1-4-5-10-12(8-20-14(10)9(2)3)16-11-6-7-13(18)17-15(11)19;1-2/h5,8,11,16H,4,6-7H2,1-3H3,(H,17,18,19);1-2H3/b10-5-;. The first-order chi connectivity index (χ1) is 10.5. The van der Waals surface area contributed by atoms with Crippen molar-refractivity contribution < 1.29 is 14.0 Å². The van der Waals surface area contributed by atoms with E-state index in [1.807, 2.05) is 27.7 Å². The number of hydrogen-bond acceptors (Lipinski definition) is 4. The Labute approximate surface area is 131 Å². The van der Waals surface area contributed by atoms with Crippen LogP contribution in [0.3, 0.4) is 0 Å². The van der Waals surface area contributed by atoms with E-state index in [0.717, 1.165) is 28.3 Å². The number of nitrogens with one attached hydrogen (secondary N) is 2. The fourth-order valence-electron chi connectivity index (χ4n) is 2.29. The van der Waals surface area contributed by atoms with Gasteiger partial charge in [0.2, 0.25) is 11.8 Å². The molecule has 0 bridgehead atoms. The topological polar surface area (TPSA) is 71.3 Å². The third-order valence-corrected chi connectivity index (χ3v) is 3.26. The van der Waals surface area contributed by atoms with Crippen molar-refractivity contribution in [3.63, 3.8) is 0 Å². The molecule has 2 amide bonds. The number of amides is 2. The van der Waals surface area contributed by atoms with E-state index in [2.05, 4.69) is 23.6 Å². The molecule has 0 aliphatic carbocycles. The molecule has 1 fully saturated rings. The maximum absolute atomic E-state index is 11.8. The number of furan rings is 1. The number of carbonyl (C=O) groups excluding carboxylic acids is 2. The quantitative estimate of drug-likeness (QED) is 0.837. The largest absolute Gasteiger partial charge is 0.462 e. The fraction of sp³-hybridized carbons (Fsp3) is 0.529. The Hall–Kier alpha value is -2.04. The number of rotatable bonds is 3. The van der Waals surface area contributed by atoms with Crippen molar-refractivity contribution in [3.8, 4) is 0 Å².